The molecule has 21 heavy (non-hydrogen) atoms. The summed E-state index contributed by atoms with van der Waals surface area (Å²) in [6, 6.07) is -0.525. The van der Waals surface area contributed by atoms with Gasteiger partial charge in [-0.3, -0.25) is 4.90 Å². The van der Waals surface area contributed by atoms with Crippen LogP contribution >= 0.6 is 0 Å². The fourth-order valence-corrected chi connectivity index (χ4v) is 3.25. The lowest BCUT2D eigenvalue weighted by Gasteiger charge is -2.44. The Morgan fingerprint density at radius 3 is 2.81 bits per heavy atom. The highest BCUT2D eigenvalue weighted by molar-refractivity contribution is 5.82. The van der Waals surface area contributed by atoms with Crippen LogP contribution in [0.1, 0.15) is 45.4 Å². The number of carboxylic acid groups (broad SMARTS) is 1. The Kier molecular flexibility index (Phi) is 5.85. The van der Waals surface area contributed by atoms with Crippen molar-refractivity contribution in [3.05, 3.63) is 0 Å². The van der Waals surface area contributed by atoms with Gasteiger partial charge in [-0.25, -0.2) is 9.59 Å². The first-order valence-corrected chi connectivity index (χ1v) is 8.14. The smallest absolute Gasteiger partial charge is 0.326 e. The summed E-state index contributed by atoms with van der Waals surface area (Å²) in [5, 5.41) is 11.9. The molecule has 2 aliphatic heterocycles. The van der Waals surface area contributed by atoms with E-state index < -0.39 is 12.0 Å². The topological polar surface area (TPSA) is 72.9 Å². The summed E-state index contributed by atoms with van der Waals surface area (Å²) in [6.07, 6.45) is 5.86. The molecule has 6 nitrogen and oxygen atoms in total. The third-order valence-electron chi connectivity index (χ3n) is 4.57. The first kappa shape index (κ1) is 16.1. The highest BCUT2D eigenvalue weighted by atomic mass is 16.4. The molecule has 0 bridgehead atoms. The van der Waals surface area contributed by atoms with Crippen molar-refractivity contribution in [3.63, 3.8) is 0 Å². The molecule has 0 aromatic heterocycles. The molecule has 1 unspecified atom stereocenters. The van der Waals surface area contributed by atoms with Crippen molar-refractivity contribution in [2.45, 2.75) is 57.5 Å². The molecule has 2 heterocycles. The Hall–Kier alpha value is -1.30. The predicted octanol–water partition coefficient (Wildman–Crippen LogP) is 1.51. The van der Waals surface area contributed by atoms with E-state index in [2.05, 4.69) is 10.2 Å². The molecule has 0 aromatic rings. The summed E-state index contributed by atoms with van der Waals surface area (Å²) in [5.41, 5.74) is 0. The normalized spacial score (nSPS) is 24.2. The van der Waals surface area contributed by atoms with Gasteiger partial charge in [-0.2, -0.15) is 0 Å². The van der Waals surface area contributed by atoms with E-state index in [-0.39, 0.29) is 6.03 Å². The maximum absolute atomic E-state index is 12.3. The van der Waals surface area contributed by atoms with Crippen LogP contribution in [0, 0.1) is 0 Å². The number of carbonyl (C=O) groups is 2. The lowest BCUT2D eigenvalue weighted by molar-refractivity contribution is -0.139. The third kappa shape index (κ3) is 4.33. The molecule has 2 saturated heterocycles. The predicted molar refractivity (Wildman–Crippen MR) is 80.3 cm³/mol. The van der Waals surface area contributed by atoms with E-state index in [4.69, 9.17) is 0 Å². The van der Waals surface area contributed by atoms with E-state index in [1.54, 1.807) is 4.90 Å². The van der Waals surface area contributed by atoms with Crippen molar-refractivity contribution in [1.29, 1.82) is 0 Å². The average molecular weight is 297 g/mol. The maximum atomic E-state index is 12.3. The Bertz CT molecular complexity index is 375. The molecule has 2 aliphatic rings. The number of rotatable bonds is 5. The maximum Gasteiger partial charge on any atom is 0.326 e. The van der Waals surface area contributed by atoms with Crippen LogP contribution in [-0.2, 0) is 4.79 Å². The quantitative estimate of drug-likeness (QED) is 0.807. The molecule has 0 radical (unpaired) electrons. The number of amides is 2. The second kappa shape index (κ2) is 7.64. The summed E-state index contributed by atoms with van der Waals surface area (Å²) in [6.45, 7) is 5.48. The zero-order valence-corrected chi connectivity index (χ0v) is 12.9. The fourth-order valence-electron chi connectivity index (χ4n) is 3.25. The van der Waals surface area contributed by atoms with Crippen LogP contribution in [0.4, 0.5) is 4.79 Å². The molecule has 0 saturated carbocycles. The molecular formula is C15H27N3O3. The molecule has 2 atom stereocenters. The van der Waals surface area contributed by atoms with E-state index in [9.17, 15) is 14.7 Å². The van der Waals surface area contributed by atoms with Gasteiger partial charge >= 0.3 is 12.0 Å². The van der Waals surface area contributed by atoms with Gasteiger partial charge in [0.1, 0.15) is 6.04 Å². The first-order chi connectivity index (χ1) is 10.1. The van der Waals surface area contributed by atoms with Crippen molar-refractivity contribution in [2.75, 3.05) is 26.2 Å². The fraction of sp³-hybridized carbons (Fsp3) is 0.867. The molecular weight excluding hydrogens is 270 g/mol. The van der Waals surface area contributed by atoms with Crippen LogP contribution in [-0.4, -0.2) is 65.2 Å². The van der Waals surface area contributed by atoms with Gasteiger partial charge in [0.05, 0.1) is 0 Å². The number of carbonyl (C=O) groups excluding carboxylic acids is 1. The van der Waals surface area contributed by atoms with E-state index in [0.29, 0.717) is 19.0 Å². The van der Waals surface area contributed by atoms with Gasteiger partial charge in [-0.1, -0.05) is 26.2 Å². The Morgan fingerprint density at radius 1 is 1.29 bits per heavy atom. The van der Waals surface area contributed by atoms with Crippen molar-refractivity contribution >= 4 is 12.0 Å². The van der Waals surface area contributed by atoms with E-state index >= 15 is 0 Å². The van der Waals surface area contributed by atoms with Crippen LogP contribution in [0.3, 0.4) is 0 Å². The van der Waals surface area contributed by atoms with Crippen LogP contribution in [0.25, 0.3) is 0 Å². The highest BCUT2D eigenvalue weighted by Gasteiger charge is 2.32. The molecule has 0 aliphatic carbocycles. The van der Waals surface area contributed by atoms with Crippen molar-refractivity contribution in [1.82, 2.24) is 15.1 Å². The number of fused-ring (bicyclic) bond motifs is 1. The van der Waals surface area contributed by atoms with Crippen molar-refractivity contribution in [3.8, 4) is 0 Å². The molecule has 0 spiro atoms. The Labute approximate surface area is 126 Å². The number of hydrogen-bond donors (Lipinski definition) is 2. The van der Waals surface area contributed by atoms with Gasteiger partial charge in [0.25, 0.3) is 0 Å². The third-order valence-corrected chi connectivity index (χ3v) is 4.57. The minimum atomic E-state index is -0.937. The van der Waals surface area contributed by atoms with Crippen molar-refractivity contribution < 1.29 is 14.7 Å². The number of nitrogens with one attached hydrogen (secondary N) is 1. The Balaban J connectivity index is 1.85. The van der Waals surface area contributed by atoms with E-state index in [0.717, 1.165) is 38.9 Å². The van der Waals surface area contributed by atoms with E-state index in [1.165, 1.54) is 12.8 Å². The van der Waals surface area contributed by atoms with Gasteiger partial charge in [0, 0.05) is 25.7 Å². The highest BCUT2D eigenvalue weighted by Crippen LogP contribution is 2.21. The summed E-state index contributed by atoms with van der Waals surface area (Å²) >= 11 is 0. The minimum Gasteiger partial charge on any atom is -0.480 e. The summed E-state index contributed by atoms with van der Waals surface area (Å²) in [4.78, 5) is 27.7. The van der Waals surface area contributed by atoms with Crippen LogP contribution in [0.15, 0.2) is 0 Å². The molecule has 2 fully saturated rings. The van der Waals surface area contributed by atoms with Gasteiger partial charge in [-0.15, -0.1) is 0 Å². The zero-order valence-electron chi connectivity index (χ0n) is 12.9. The number of urea groups is 1. The van der Waals surface area contributed by atoms with Gasteiger partial charge in [0.15, 0.2) is 0 Å². The SMILES string of the molecule is CCCC[C@H](NC(=O)N1CCN2CCCCC2C1)C(=O)O. The molecule has 0 aromatic carbocycles. The summed E-state index contributed by atoms with van der Waals surface area (Å²) in [5.74, 6) is -0.937. The summed E-state index contributed by atoms with van der Waals surface area (Å²) in [7, 11) is 0. The van der Waals surface area contributed by atoms with Crippen LogP contribution in [0.2, 0.25) is 0 Å². The van der Waals surface area contributed by atoms with Crippen LogP contribution in [0.5, 0.6) is 0 Å². The summed E-state index contributed by atoms with van der Waals surface area (Å²) < 4.78 is 0. The monoisotopic (exact) mass is 297 g/mol. The lowest BCUT2D eigenvalue weighted by atomic mass is 10.00. The number of nitrogens with zero attached hydrogens (tertiary/aromatic N) is 2. The van der Waals surface area contributed by atoms with Gasteiger partial charge < -0.3 is 15.3 Å². The zero-order chi connectivity index (χ0) is 15.2. The van der Waals surface area contributed by atoms with Gasteiger partial charge in [-0.05, 0) is 25.8 Å². The molecule has 6 heteroatoms. The standard InChI is InChI=1S/C15H27N3O3/c1-2-3-7-13(14(19)20)16-15(21)18-10-9-17-8-5-4-6-12(17)11-18/h12-13H,2-11H2,1H3,(H,16,21)(H,19,20)/t12?,13-/m0/s1. The minimum absolute atomic E-state index is 0.219. The molecule has 2 rings (SSSR count). The lowest BCUT2D eigenvalue weighted by Crippen LogP contribution is -2.59. The van der Waals surface area contributed by atoms with Crippen molar-refractivity contribution in [2.24, 2.45) is 0 Å². The largest absolute Gasteiger partial charge is 0.480 e. The number of piperazine rings is 1. The Morgan fingerprint density at radius 2 is 2.10 bits per heavy atom. The number of hydrogen-bond acceptors (Lipinski definition) is 3. The first-order valence-electron chi connectivity index (χ1n) is 8.14. The second-order valence-corrected chi connectivity index (χ2v) is 6.11. The second-order valence-electron chi connectivity index (χ2n) is 6.11. The number of aliphatic carboxylic acids is 1. The van der Waals surface area contributed by atoms with Gasteiger partial charge in [0.2, 0.25) is 0 Å². The van der Waals surface area contributed by atoms with E-state index in [1.807, 2.05) is 6.92 Å². The average Bonchev–Trinajstić information content (AvgIpc) is 2.50. The number of piperidine rings is 1. The molecule has 2 N–H and O–H groups in total. The molecule has 120 valence electrons. The number of carboxylic acids is 1. The number of unbranched alkanes of at least 4 members (excludes halogenated alkanes) is 1. The molecule has 2 amide bonds. The van der Waals surface area contributed by atoms with Crippen LogP contribution < -0.4 is 5.32 Å².